The summed E-state index contributed by atoms with van der Waals surface area (Å²) in [5.74, 6) is 1.00. The Kier molecular flexibility index (Phi) is 2.23. The van der Waals surface area contributed by atoms with Crippen LogP contribution in [0.5, 0.6) is 5.75 Å². The molecule has 13 heavy (non-hydrogen) atoms. The van der Waals surface area contributed by atoms with Crippen LogP contribution in [0.4, 0.5) is 0 Å². The van der Waals surface area contributed by atoms with E-state index in [9.17, 15) is 0 Å². The Hall–Kier alpha value is -1.02. The molecule has 1 aliphatic rings. The van der Waals surface area contributed by atoms with Crippen LogP contribution in [-0.2, 0) is 4.74 Å². The number of phenolic OH excluding ortho intramolecular Hbond substituents is 1. The topological polar surface area (TPSA) is 29.5 Å². The maximum atomic E-state index is 9.12. The zero-order valence-corrected chi connectivity index (χ0v) is 7.73. The zero-order valence-electron chi connectivity index (χ0n) is 7.73. The van der Waals surface area contributed by atoms with Crippen molar-refractivity contribution in [3.63, 3.8) is 0 Å². The van der Waals surface area contributed by atoms with Crippen molar-refractivity contribution in [2.24, 2.45) is 5.92 Å². The normalized spacial score (nSPS) is 18.5. The van der Waals surface area contributed by atoms with Crippen LogP contribution in [0.2, 0.25) is 0 Å². The molecule has 1 aromatic carbocycles. The fourth-order valence-electron chi connectivity index (χ4n) is 1.66. The highest BCUT2D eigenvalue weighted by molar-refractivity contribution is 5.28. The molecule has 0 radical (unpaired) electrons. The van der Waals surface area contributed by atoms with Crippen LogP contribution in [0.1, 0.15) is 24.5 Å². The average Bonchev–Trinajstić information content (AvgIpc) is 2.93. The summed E-state index contributed by atoms with van der Waals surface area (Å²) in [5.41, 5.74) is 1.17. The fourth-order valence-corrected chi connectivity index (χ4v) is 1.66. The van der Waals surface area contributed by atoms with Crippen molar-refractivity contribution in [1.29, 1.82) is 0 Å². The van der Waals surface area contributed by atoms with Crippen molar-refractivity contribution in [2.75, 3.05) is 7.11 Å². The van der Waals surface area contributed by atoms with Crippen LogP contribution in [0.15, 0.2) is 24.3 Å². The van der Waals surface area contributed by atoms with Gasteiger partial charge in [-0.05, 0) is 36.5 Å². The Morgan fingerprint density at radius 1 is 1.31 bits per heavy atom. The molecule has 1 aromatic rings. The van der Waals surface area contributed by atoms with E-state index in [2.05, 4.69) is 0 Å². The van der Waals surface area contributed by atoms with Crippen molar-refractivity contribution in [3.8, 4) is 5.75 Å². The number of phenols is 1. The summed E-state index contributed by atoms with van der Waals surface area (Å²) in [4.78, 5) is 0. The van der Waals surface area contributed by atoms with Crippen LogP contribution in [0, 0.1) is 5.92 Å². The van der Waals surface area contributed by atoms with Gasteiger partial charge in [-0.25, -0.2) is 0 Å². The standard InChI is InChI=1S/C11H14O2/c1-13-11(8-2-3-8)9-4-6-10(12)7-5-9/h4-8,11-12H,2-3H2,1H3. The smallest absolute Gasteiger partial charge is 0.115 e. The van der Waals surface area contributed by atoms with E-state index in [-0.39, 0.29) is 6.10 Å². The molecule has 0 bridgehead atoms. The van der Waals surface area contributed by atoms with E-state index in [0.29, 0.717) is 11.7 Å². The average molecular weight is 178 g/mol. The molecule has 1 aliphatic carbocycles. The van der Waals surface area contributed by atoms with Crippen molar-refractivity contribution >= 4 is 0 Å². The van der Waals surface area contributed by atoms with Gasteiger partial charge in [0.25, 0.3) is 0 Å². The first-order valence-corrected chi connectivity index (χ1v) is 4.63. The number of hydrogen-bond acceptors (Lipinski definition) is 2. The summed E-state index contributed by atoms with van der Waals surface area (Å²) >= 11 is 0. The fraction of sp³-hybridized carbons (Fsp3) is 0.455. The molecule has 1 N–H and O–H groups in total. The highest BCUT2D eigenvalue weighted by Crippen LogP contribution is 2.42. The molecule has 1 unspecified atom stereocenters. The molecule has 1 atom stereocenters. The first-order valence-electron chi connectivity index (χ1n) is 4.63. The van der Waals surface area contributed by atoms with Gasteiger partial charge in [0.1, 0.15) is 5.75 Å². The van der Waals surface area contributed by atoms with Gasteiger partial charge in [-0.1, -0.05) is 12.1 Å². The molecule has 0 saturated heterocycles. The summed E-state index contributed by atoms with van der Waals surface area (Å²) < 4.78 is 5.42. The van der Waals surface area contributed by atoms with Crippen molar-refractivity contribution in [2.45, 2.75) is 18.9 Å². The van der Waals surface area contributed by atoms with Crippen molar-refractivity contribution in [1.82, 2.24) is 0 Å². The minimum absolute atomic E-state index is 0.223. The number of ether oxygens (including phenoxy) is 1. The Morgan fingerprint density at radius 2 is 1.92 bits per heavy atom. The second-order valence-electron chi connectivity index (χ2n) is 3.59. The van der Waals surface area contributed by atoms with E-state index in [1.54, 1.807) is 19.2 Å². The first-order chi connectivity index (χ1) is 6.31. The number of rotatable bonds is 3. The zero-order chi connectivity index (χ0) is 9.26. The SMILES string of the molecule is COC(c1ccc(O)cc1)C1CC1. The lowest BCUT2D eigenvalue weighted by molar-refractivity contribution is 0.0846. The van der Waals surface area contributed by atoms with Gasteiger partial charge in [0, 0.05) is 7.11 Å². The second-order valence-corrected chi connectivity index (χ2v) is 3.59. The molecule has 2 heteroatoms. The van der Waals surface area contributed by atoms with Crippen molar-refractivity contribution in [3.05, 3.63) is 29.8 Å². The van der Waals surface area contributed by atoms with Gasteiger partial charge in [-0.2, -0.15) is 0 Å². The molecular weight excluding hydrogens is 164 g/mol. The van der Waals surface area contributed by atoms with Crippen LogP contribution in [-0.4, -0.2) is 12.2 Å². The third kappa shape index (κ3) is 1.83. The lowest BCUT2D eigenvalue weighted by Crippen LogP contribution is -2.02. The van der Waals surface area contributed by atoms with E-state index in [1.807, 2.05) is 12.1 Å². The largest absolute Gasteiger partial charge is 0.508 e. The summed E-state index contributed by atoms with van der Waals surface area (Å²) in [6.07, 6.45) is 2.75. The first kappa shape index (κ1) is 8.57. The second kappa shape index (κ2) is 3.38. The van der Waals surface area contributed by atoms with Crippen LogP contribution in [0.25, 0.3) is 0 Å². The lowest BCUT2D eigenvalue weighted by atomic mass is 10.1. The molecular formula is C11H14O2. The predicted octanol–water partition coefficient (Wildman–Crippen LogP) is 2.49. The van der Waals surface area contributed by atoms with E-state index in [1.165, 1.54) is 18.4 Å². The molecule has 0 aliphatic heterocycles. The summed E-state index contributed by atoms with van der Waals surface area (Å²) in [6, 6.07) is 7.29. The maximum absolute atomic E-state index is 9.12. The van der Waals surface area contributed by atoms with E-state index >= 15 is 0 Å². The third-order valence-corrected chi connectivity index (χ3v) is 2.53. The van der Waals surface area contributed by atoms with Crippen molar-refractivity contribution < 1.29 is 9.84 Å². The third-order valence-electron chi connectivity index (χ3n) is 2.53. The highest BCUT2D eigenvalue weighted by atomic mass is 16.5. The van der Waals surface area contributed by atoms with E-state index < -0.39 is 0 Å². The summed E-state index contributed by atoms with van der Waals surface area (Å²) in [5, 5.41) is 9.12. The molecule has 0 heterocycles. The molecule has 0 amide bonds. The lowest BCUT2D eigenvalue weighted by Gasteiger charge is -2.14. The monoisotopic (exact) mass is 178 g/mol. The maximum Gasteiger partial charge on any atom is 0.115 e. The van der Waals surface area contributed by atoms with E-state index in [4.69, 9.17) is 9.84 Å². The Balaban J connectivity index is 2.17. The quantitative estimate of drug-likeness (QED) is 0.770. The predicted molar refractivity (Wildman–Crippen MR) is 50.6 cm³/mol. The van der Waals surface area contributed by atoms with Gasteiger partial charge >= 0.3 is 0 Å². The summed E-state index contributed by atoms with van der Waals surface area (Å²) in [7, 11) is 1.75. The van der Waals surface area contributed by atoms with Gasteiger partial charge in [-0.3, -0.25) is 0 Å². The van der Waals surface area contributed by atoms with Crippen LogP contribution < -0.4 is 0 Å². The molecule has 1 fully saturated rings. The van der Waals surface area contributed by atoms with Gasteiger partial charge in [0.05, 0.1) is 6.10 Å². The van der Waals surface area contributed by atoms with Gasteiger partial charge in [-0.15, -0.1) is 0 Å². The number of benzene rings is 1. The Labute approximate surface area is 78.2 Å². The number of methoxy groups -OCH3 is 1. The molecule has 0 aromatic heterocycles. The minimum Gasteiger partial charge on any atom is -0.508 e. The molecule has 0 spiro atoms. The molecule has 2 rings (SSSR count). The Bertz CT molecular complexity index is 275. The number of hydrogen-bond donors (Lipinski definition) is 1. The van der Waals surface area contributed by atoms with Crippen LogP contribution >= 0.6 is 0 Å². The molecule has 2 nitrogen and oxygen atoms in total. The van der Waals surface area contributed by atoms with Crippen LogP contribution in [0.3, 0.4) is 0 Å². The van der Waals surface area contributed by atoms with E-state index in [0.717, 1.165) is 0 Å². The van der Waals surface area contributed by atoms with Gasteiger partial charge in [0.2, 0.25) is 0 Å². The Morgan fingerprint density at radius 3 is 2.38 bits per heavy atom. The summed E-state index contributed by atoms with van der Waals surface area (Å²) in [6.45, 7) is 0. The molecule has 1 saturated carbocycles. The van der Waals surface area contributed by atoms with Gasteiger partial charge in [0.15, 0.2) is 0 Å². The molecule has 70 valence electrons. The number of aromatic hydroxyl groups is 1. The highest BCUT2D eigenvalue weighted by Gasteiger charge is 2.32. The minimum atomic E-state index is 0.223. The van der Waals surface area contributed by atoms with Gasteiger partial charge < -0.3 is 9.84 Å².